The van der Waals surface area contributed by atoms with Gasteiger partial charge in [-0.1, -0.05) is 0 Å². The molecule has 0 saturated carbocycles. The first-order valence-electron chi connectivity index (χ1n) is 4.89. The molecule has 0 aliphatic heterocycles. The number of carboxylic acid groups (broad SMARTS) is 1. The summed E-state index contributed by atoms with van der Waals surface area (Å²) in [4.78, 5) is 21.7. The van der Waals surface area contributed by atoms with Crippen molar-refractivity contribution in [3.05, 3.63) is 17.5 Å². The van der Waals surface area contributed by atoms with Crippen molar-refractivity contribution in [1.82, 2.24) is 15.1 Å². The highest BCUT2D eigenvalue weighted by atomic mass is 16.4. The van der Waals surface area contributed by atoms with Gasteiger partial charge < -0.3 is 10.4 Å². The van der Waals surface area contributed by atoms with Gasteiger partial charge in [0.2, 0.25) is 5.91 Å². The SMILES string of the molecule is CC(=O)N[C@H](CC(=O)O)c1cn(C)nc1C. The predicted molar refractivity (Wildman–Crippen MR) is 56.8 cm³/mol. The molecule has 0 unspecified atom stereocenters. The van der Waals surface area contributed by atoms with Crippen molar-refractivity contribution >= 4 is 11.9 Å². The smallest absolute Gasteiger partial charge is 0.305 e. The van der Waals surface area contributed by atoms with Gasteiger partial charge in [-0.15, -0.1) is 0 Å². The lowest BCUT2D eigenvalue weighted by molar-refractivity contribution is -0.137. The van der Waals surface area contributed by atoms with Crippen LogP contribution in [0.25, 0.3) is 0 Å². The molecule has 0 fully saturated rings. The summed E-state index contributed by atoms with van der Waals surface area (Å²) in [5.74, 6) is -1.21. The van der Waals surface area contributed by atoms with Gasteiger partial charge >= 0.3 is 5.97 Å². The average molecular weight is 225 g/mol. The number of nitrogens with zero attached hydrogens (tertiary/aromatic N) is 2. The van der Waals surface area contributed by atoms with E-state index in [0.717, 1.165) is 11.3 Å². The molecular weight excluding hydrogens is 210 g/mol. The van der Waals surface area contributed by atoms with Gasteiger partial charge in [0.25, 0.3) is 0 Å². The Hall–Kier alpha value is -1.85. The number of aryl methyl sites for hydroxylation is 2. The lowest BCUT2D eigenvalue weighted by Crippen LogP contribution is -2.28. The van der Waals surface area contributed by atoms with E-state index < -0.39 is 12.0 Å². The number of carbonyl (C=O) groups excluding carboxylic acids is 1. The molecule has 88 valence electrons. The van der Waals surface area contributed by atoms with E-state index >= 15 is 0 Å². The molecule has 0 aliphatic carbocycles. The van der Waals surface area contributed by atoms with E-state index in [1.54, 1.807) is 24.9 Å². The van der Waals surface area contributed by atoms with Gasteiger partial charge in [-0.25, -0.2) is 0 Å². The van der Waals surface area contributed by atoms with Gasteiger partial charge in [0.15, 0.2) is 0 Å². The van der Waals surface area contributed by atoms with Crippen LogP contribution < -0.4 is 5.32 Å². The van der Waals surface area contributed by atoms with E-state index in [9.17, 15) is 9.59 Å². The maximum atomic E-state index is 11.0. The third-order valence-electron chi connectivity index (χ3n) is 2.18. The summed E-state index contributed by atoms with van der Waals surface area (Å²) in [6, 6.07) is -0.524. The predicted octanol–water partition coefficient (Wildman–Crippen LogP) is 0.380. The van der Waals surface area contributed by atoms with Gasteiger partial charge in [-0.3, -0.25) is 14.3 Å². The van der Waals surface area contributed by atoms with E-state index in [0.29, 0.717) is 0 Å². The Morgan fingerprint density at radius 2 is 2.25 bits per heavy atom. The molecule has 0 radical (unpaired) electrons. The number of carbonyl (C=O) groups is 2. The summed E-state index contributed by atoms with van der Waals surface area (Å²) in [6.45, 7) is 3.15. The zero-order valence-corrected chi connectivity index (χ0v) is 9.52. The molecule has 6 heteroatoms. The topological polar surface area (TPSA) is 84.2 Å². The standard InChI is InChI=1S/C10H15N3O3/c1-6-8(5-13(3)12-6)9(4-10(15)16)11-7(2)14/h5,9H,4H2,1-3H3,(H,11,14)(H,15,16)/t9-/m1/s1. The van der Waals surface area contributed by atoms with Crippen LogP contribution in [-0.2, 0) is 16.6 Å². The van der Waals surface area contributed by atoms with Crippen LogP contribution in [0.4, 0.5) is 0 Å². The van der Waals surface area contributed by atoms with Crippen molar-refractivity contribution in [2.75, 3.05) is 0 Å². The van der Waals surface area contributed by atoms with Crippen molar-refractivity contribution in [2.45, 2.75) is 26.3 Å². The van der Waals surface area contributed by atoms with E-state index in [1.807, 2.05) is 0 Å². The normalized spacial score (nSPS) is 12.2. The van der Waals surface area contributed by atoms with E-state index in [4.69, 9.17) is 5.11 Å². The minimum Gasteiger partial charge on any atom is -0.481 e. The Morgan fingerprint density at radius 1 is 1.62 bits per heavy atom. The first-order valence-corrected chi connectivity index (χ1v) is 4.89. The summed E-state index contributed by atoms with van der Waals surface area (Å²) in [6.07, 6.45) is 1.57. The number of aliphatic carboxylic acids is 1. The minimum atomic E-state index is -0.956. The highest BCUT2D eigenvalue weighted by Gasteiger charge is 2.20. The maximum absolute atomic E-state index is 11.0. The second-order valence-electron chi connectivity index (χ2n) is 3.69. The van der Waals surface area contributed by atoms with Crippen LogP contribution >= 0.6 is 0 Å². The van der Waals surface area contributed by atoms with Crippen molar-refractivity contribution in [3.63, 3.8) is 0 Å². The second kappa shape index (κ2) is 4.78. The largest absolute Gasteiger partial charge is 0.481 e. The Kier molecular flexibility index (Phi) is 3.65. The summed E-state index contributed by atoms with van der Waals surface area (Å²) in [5, 5.41) is 15.5. The number of hydrogen-bond donors (Lipinski definition) is 2. The lowest BCUT2D eigenvalue weighted by Gasteiger charge is -2.14. The van der Waals surface area contributed by atoms with Crippen molar-refractivity contribution in [1.29, 1.82) is 0 Å². The van der Waals surface area contributed by atoms with Gasteiger partial charge in [0, 0.05) is 25.7 Å². The monoisotopic (exact) mass is 225 g/mol. The summed E-state index contributed by atoms with van der Waals surface area (Å²) in [7, 11) is 1.75. The molecule has 6 nitrogen and oxygen atoms in total. The third kappa shape index (κ3) is 3.08. The zero-order valence-electron chi connectivity index (χ0n) is 9.52. The fourth-order valence-corrected chi connectivity index (χ4v) is 1.62. The van der Waals surface area contributed by atoms with Gasteiger partial charge in [0.1, 0.15) is 0 Å². The number of amides is 1. The molecule has 0 aromatic carbocycles. The summed E-state index contributed by atoms with van der Waals surface area (Å²) in [5.41, 5.74) is 1.46. The fraction of sp³-hybridized carbons (Fsp3) is 0.500. The van der Waals surface area contributed by atoms with Crippen LogP contribution in [0.2, 0.25) is 0 Å². The molecule has 1 atom stereocenters. The number of aromatic nitrogens is 2. The van der Waals surface area contributed by atoms with Crippen LogP contribution in [0, 0.1) is 6.92 Å². The Morgan fingerprint density at radius 3 is 2.62 bits per heavy atom. The molecule has 1 aromatic rings. The molecule has 0 spiro atoms. The molecule has 2 N–H and O–H groups in total. The summed E-state index contributed by atoms with van der Waals surface area (Å²) < 4.78 is 1.60. The number of carboxylic acids is 1. The van der Waals surface area contributed by atoms with Crippen LogP contribution in [-0.4, -0.2) is 26.8 Å². The Labute approximate surface area is 93.3 Å². The Balaban J connectivity index is 2.95. The zero-order chi connectivity index (χ0) is 12.3. The minimum absolute atomic E-state index is 0.147. The Bertz CT molecular complexity index is 395. The van der Waals surface area contributed by atoms with E-state index in [-0.39, 0.29) is 12.3 Å². The molecule has 1 aromatic heterocycles. The average Bonchev–Trinajstić information content (AvgIpc) is 2.42. The first-order chi connectivity index (χ1) is 7.40. The van der Waals surface area contributed by atoms with E-state index in [2.05, 4.69) is 10.4 Å². The molecule has 0 bridgehead atoms. The molecule has 1 heterocycles. The van der Waals surface area contributed by atoms with Gasteiger partial charge in [0.05, 0.1) is 18.2 Å². The molecule has 0 saturated heterocycles. The number of nitrogens with one attached hydrogen (secondary N) is 1. The maximum Gasteiger partial charge on any atom is 0.305 e. The van der Waals surface area contributed by atoms with Crippen LogP contribution in [0.15, 0.2) is 6.20 Å². The van der Waals surface area contributed by atoms with Crippen LogP contribution in [0.3, 0.4) is 0 Å². The van der Waals surface area contributed by atoms with Crippen molar-refractivity contribution < 1.29 is 14.7 Å². The lowest BCUT2D eigenvalue weighted by atomic mass is 10.1. The highest BCUT2D eigenvalue weighted by Crippen LogP contribution is 2.19. The third-order valence-corrected chi connectivity index (χ3v) is 2.18. The number of hydrogen-bond acceptors (Lipinski definition) is 3. The molecule has 16 heavy (non-hydrogen) atoms. The van der Waals surface area contributed by atoms with Crippen molar-refractivity contribution in [2.24, 2.45) is 7.05 Å². The molecule has 1 amide bonds. The number of rotatable bonds is 4. The van der Waals surface area contributed by atoms with Crippen LogP contribution in [0.5, 0.6) is 0 Å². The van der Waals surface area contributed by atoms with Crippen molar-refractivity contribution in [3.8, 4) is 0 Å². The van der Waals surface area contributed by atoms with Gasteiger partial charge in [-0.05, 0) is 6.92 Å². The summed E-state index contributed by atoms with van der Waals surface area (Å²) >= 11 is 0. The van der Waals surface area contributed by atoms with Crippen LogP contribution in [0.1, 0.15) is 30.6 Å². The van der Waals surface area contributed by atoms with E-state index in [1.165, 1.54) is 6.92 Å². The second-order valence-corrected chi connectivity index (χ2v) is 3.69. The van der Waals surface area contributed by atoms with Gasteiger partial charge in [-0.2, -0.15) is 5.10 Å². The molecule has 1 rings (SSSR count). The molecular formula is C10H15N3O3. The molecule has 0 aliphatic rings. The fourth-order valence-electron chi connectivity index (χ4n) is 1.62. The highest BCUT2D eigenvalue weighted by molar-refractivity contribution is 5.75. The first kappa shape index (κ1) is 12.2. The quantitative estimate of drug-likeness (QED) is 0.775.